The van der Waals surface area contributed by atoms with Crippen molar-refractivity contribution in [1.29, 1.82) is 0 Å². The summed E-state index contributed by atoms with van der Waals surface area (Å²) in [6, 6.07) is 4.69. The molecule has 0 N–H and O–H groups in total. The zero-order valence-corrected chi connectivity index (χ0v) is 13.6. The Bertz CT molecular complexity index is 659. The van der Waals surface area contributed by atoms with Crippen molar-refractivity contribution in [2.45, 2.75) is 18.8 Å². The lowest BCUT2D eigenvalue weighted by molar-refractivity contribution is 0.621. The first-order valence-corrected chi connectivity index (χ1v) is 7.71. The highest BCUT2D eigenvalue weighted by Gasteiger charge is 2.29. The summed E-state index contributed by atoms with van der Waals surface area (Å²) in [5.41, 5.74) is 1.68. The van der Waals surface area contributed by atoms with Crippen molar-refractivity contribution < 1.29 is 4.39 Å². The van der Waals surface area contributed by atoms with Crippen molar-refractivity contribution in [3.8, 4) is 11.4 Å². The monoisotopic (exact) mass is 404 g/mol. The summed E-state index contributed by atoms with van der Waals surface area (Å²) in [7, 11) is 0. The number of hydrogen-bond donors (Lipinski definition) is 0. The van der Waals surface area contributed by atoms with E-state index in [4.69, 9.17) is 11.6 Å². The fraction of sp³-hybridized carbons (Fsp3) is 0.231. The number of rotatable bonds is 2. The molecule has 1 aromatic heterocycles. The van der Waals surface area contributed by atoms with Crippen LogP contribution in [0.25, 0.3) is 11.4 Å². The van der Waals surface area contributed by atoms with Gasteiger partial charge in [-0.2, -0.15) is 0 Å². The predicted octanol–water partition coefficient (Wildman–Crippen LogP) is 5.34. The Kier molecular flexibility index (Phi) is 3.62. The van der Waals surface area contributed by atoms with Crippen molar-refractivity contribution in [2.24, 2.45) is 0 Å². The van der Waals surface area contributed by atoms with Gasteiger partial charge in [0.25, 0.3) is 0 Å². The molecule has 0 atom stereocenters. The molecule has 3 rings (SSSR count). The van der Waals surface area contributed by atoms with Gasteiger partial charge in [-0.05, 0) is 62.9 Å². The van der Waals surface area contributed by atoms with Gasteiger partial charge < -0.3 is 0 Å². The van der Waals surface area contributed by atoms with Crippen LogP contribution < -0.4 is 0 Å². The highest BCUT2D eigenvalue weighted by Crippen LogP contribution is 2.44. The lowest BCUT2D eigenvalue weighted by Gasteiger charge is -2.08. The molecule has 0 unspecified atom stereocenters. The van der Waals surface area contributed by atoms with Crippen LogP contribution in [0.3, 0.4) is 0 Å². The summed E-state index contributed by atoms with van der Waals surface area (Å²) in [6.07, 6.45) is 2.25. The average molecular weight is 406 g/mol. The SMILES string of the molecule is Fc1ccc(-c2nc(Cl)c(Br)c(C3CC3)n2)cc1Br. The fourth-order valence-electron chi connectivity index (χ4n) is 1.83. The van der Waals surface area contributed by atoms with Gasteiger partial charge in [0.15, 0.2) is 5.82 Å². The van der Waals surface area contributed by atoms with Crippen LogP contribution in [0.5, 0.6) is 0 Å². The molecule has 0 aliphatic heterocycles. The van der Waals surface area contributed by atoms with E-state index in [1.54, 1.807) is 12.1 Å². The zero-order valence-electron chi connectivity index (χ0n) is 9.63. The lowest BCUT2D eigenvalue weighted by atomic mass is 10.2. The molecule has 1 heterocycles. The quantitative estimate of drug-likeness (QED) is 0.630. The van der Waals surface area contributed by atoms with Crippen LogP contribution in [0, 0.1) is 5.82 Å². The molecule has 0 amide bonds. The van der Waals surface area contributed by atoms with Gasteiger partial charge in [-0.25, -0.2) is 14.4 Å². The molecule has 0 radical (unpaired) electrons. The molecule has 2 nitrogen and oxygen atoms in total. The first-order valence-electron chi connectivity index (χ1n) is 5.74. The third-order valence-electron chi connectivity index (χ3n) is 2.98. The van der Waals surface area contributed by atoms with Crippen molar-refractivity contribution >= 4 is 43.5 Å². The van der Waals surface area contributed by atoms with E-state index in [-0.39, 0.29) is 5.82 Å². The van der Waals surface area contributed by atoms with Crippen LogP contribution in [-0.2, 0) is 0 Å². The van der Waals surface area contributed by atoms with Crippen molar-refractivity contribution in [1.82, 2.24) is 9.97 Å². The lowest BCUT2D eigenvalue weighted by Crippen LogP contribution is -1.97. The molecular formula is C13H8Br2ClFN2. The fourth-order valence-corrected chi connectivity index (χ4v) is 2.88. The van der Waals surface area contributed by atoms with E-state index in [2.05, 4.69) is 41.8 Å². The molecule has 0 saturated heterocycles. The molecule has 2 aromatic rings. The maximum Gasteiger partial charge on any atom is 0.161 e. The first-order chi connectivity index (χ1) is 9.06. The second kappa shape index (κ2) is 5.11. The summed E-state index contributed by atoms with van der Waals surface area (Å²) in [4.78, 5) is 8.80. The first kappa shape index (κ1) is 13.5. The van der Waals surface area contributed by atoms with Crippen LogP contribution in [0.4, 0.5) is 4.39 Å². The third kappa shape index (κ3) is 2.69. The molecule has 98 valence electrons. The molecule has 0 spiro atoms. The van der Waals surface area contributed by atoms with Gasteiger partial charge in [0.05, 0.1) is 14.6 Å². The minimum atomic E-state index is -0.311. The molecule has 1 aliphatic rings. The Balaban J connectivity index is 2.11. The molecule has 1 saturated carbocycles. The van der Waals surface area contributed by atoms with E-state index in [1.165, 1.54) is 6.07 Å². The maximum atomic E-state index is 13.3. The minimum absolute atomic E-state index is 0.311. The smallest absolute Gasteiger partial charge is 0.161 e. The van der Waals surface area contributed by atoms with E-state index in [0.717, 1.165) is 28.6 Å². The van der Waals surface area contributed by atoms with Gasteiger partial charge in [0, 0.05) is 11.5 Å². The summed E-state index contributed by atoms with van der Waals surface area (Å²) >= 11 is 12.7. The highest BCUT2D eigenvalue weighted by molar-refractivity contribution is 9.10. The summed E-state index contributed by atoms with van der Waals surface area (Å²) < 4.78 is 14.4. The van der Waals surface area contributed by atoms with Gasteiger partial charge in [-0.3, -0.25) is 0 Å². The van der Waals surface area contributed by atoms with Gasteiger partial charge in [-0.1, -0.05) is 11.6 Å². The second-order valence-electron chi connectivity index (χ2n) is 4.44. The van der Waals surface area contributed by atoms with Crippen LogP contribution in [0.15, 0.2) is 27.1 Å². The Morgan fingerprint density at radius 1 is 1.21 bits per heavy atom. The average Bonchev–Trinajstić information content (AvgIpc) is 3.20. The standard InChI is InChI=1S/C13H8Br2ClFN2/c14-8-5-7(3-4-9(8)17)13-18-11(6-1-2-6)10(15)12(16)19-13/h3-6H,1-2H2. The van der Waals surface area contributed by atoms with Crippen molar-refractivity contribution in [2.75, 3.05) is 0 Å². The Morgan fingerprint density at radius 3 is 2.58 bits per heavy atom. The van der Waals surface area contributed by atoms with Crippen LogP contribution in [0.1, 0.15) is 24.5 Å². The molecule has 0 bridgehead atoms. The number of nitrogens with zero attached hydrogens (tertiary/aromatic N) is 2. The minimum Gasteiger partial charge on any atom is -0.231 e. The van der Waals surface area contributed by atoms with E-state index in [1.807, 2.05) is 0 Å². The van der Waals surface area contributed by atoms with Crippen molar-refractivity contribution in [3.63, 3.8) is 0 Å². The number of halogens is 4. The van der Waals surface area contributed by atoms with E-state index in [0.29, 0.717) is 21.4 Å². The molecule has 6 heteroatoms. The predicted molar refractivity (Wildman–Crippen MR) is 79.8 cm³/mol. The van der Waals surface area contributed by atoms with E-state index >= 15 is 0 Å². The summed E-state index contributed by atoms with van der Waals surface area (Å²) in [5.74, 6) is 0.669. The van der Waals surface area contributed by atoms with E-state index < -0.39 is 0 Å². The topological polar surface area (TPSA) is 25.8 Å². The third-order valence-corrected chi connectivity index (χ3v) is 4.87. The zero-order chi connectivity index (χ0) is 13.6. The normalized spacial score (nSPS) is 14.7. The Hall–Kier alpha value is -0.520. The van der Waals surface area contributed by atoms with Crippen LogP contribution in [-0.4, -0.2) is 9.97 Å². The maximum absolute atomic E-state index is 13.3. The van der Waals surface area contributed by atoms with Gasteiger partial charge in [-0.15, -0.1) is 0 Å². The van der Waals surface area contributed by atoms with Gasteiger partial charge >= 0.3 is 0 Å². The Morgan fingerprint density at radius 2 is 1.95 bits per heavy atom. The molecular weight excluding hydrogens is 398 g/mol. The van der Waals surface area contributed by atoms with E-state index in [9.17, 15) is 4.39 Å². The molecule has 1 fully saturated rings. The Labute approximate surface area is 131 Å². The van der Waals surface area contributed by atoms with Crippen molar-refractivity contribution in [3.05, 3.63) is 43.8 Å². The molecule has 1 aliphatic carbocycles. The number of benzene rings is 1. The second-order valence-corrected chi connectivity index (χ2v) is 6.45. The summed E-state index contributed by atoms with van der Waals surface area (Å²) in [6.45, 7) is 0. The number of hydrogen-bond acceptors (Lipinski definition) is 2. The molecule has 1 aromatic carbocycles. The van der Waals surface area contributed by atoms with Crippen LogP contribution in [0.2, 0.25) is 5.15 Å². The largest absolute Gasteiger partial charge is 0.231 e. The molecule has 19 heavy (non-hydrogen) atoms. The summed E-state index contributed by atoms with van der Waals surface area (Å²) in [5, 5.41) is 0.396. The van der Waals surface area contributed by atoms with Gasteiger partial charge in [0.2, 0.25) is 0 Å². The number of aromatic nitrogens is 2. The highest BCUT2D eigenvalue weighted by atomic mass is 79.9. The van der Waals surface area contributed by atoms with Crippen LogP contribution >= 0.6 is 43.5 Å². The van der Waals surface area contributed by atoms with Gasteiger partial charge in [0.1, 0.15) is 11.0 Å².